The maximum Gasteiger partial charge on any atom is 0.205 e. The summed E-state index contributed by atoms with van der Waals surface area (Å²) in [6, 6.07) is 28.2. The van der Waals surface area contributed by atoms with Crippen LogP contribution in [-0.4, -0.2) is 0 Å². The van der Waals surface area contributed by atoms with Crippen LogP contribution in [0, 0.1) is 0 Å². The molecule has 0 saturated heterocycles. The highest BCUT2D eigenvalue weighted by molar-refractivity contribution is 7.76. The van der Waals surface area contributed by atoms with Crippen LogP contribution in [0.25, 0.3) is 0 Å². The first-order valence-electron chi connectivity index (χ1n) is 8.34. The summed E-state index contributed by atoms with van der Waals surface area (Å²) in [6.07, 6.45) is 2.03. The predicted molar refractivity (Wildman–Crippen MR) is 100 cm³/mol. The van der Waals surface area contributed by atoms with E-state index >= 15 is 0 Å². The Balaban J connectivity index is 1.77. The molecule has 3 aromatic carbocycles. The molecule has 0 heterocycles. The fourth-order valence-corrected chi connectivity index (χ4v) is 5.97. The molecule has 1 N–H and O–H groups in total. The highest BCUT2D eigenvalue weighted by atomic mass is 31.2. The molecule has 3 aromatic rings. The predicted octanol–water partition coefficient (Wildman–Crippen LogP) is 4.19. The molecule has 1 atom stereocenters. The molecule has 1 aliphatic rings. The molecule has 0 fully saturated rings. The molecule has 0 aliphatic heterocycles. The number of nitrogens with one attached hydrogen (secondary N) is 1. The SMILES string of the molecule is O=P(N[C@H]1CCc2ccccc21)(c1ccccc1)c1ccccc1. The summed E-state index contributed by atoms with van der Waals surface area (Å²) in [4.78, 5) is 0. The molecule has 24 heavy (non-hydrogen) atoms. The van der Waals surface area contributed by atoms with Crippen molar-refractivity contribution in [1.82, 2.24) is 5.09 Å². The number of aryl methyl sites for hydroxylation is 1. The van der Waals surface area contributed by atoms with E-state index in [2.05, 4.69) is 29.4 Å². The van der Waals surface area contributed by atoms with E-state index in [4.69, 9.17) is 0 Å². The van der Waals surface area contributed by atoms with Crippen molar-refractivity contribution in [2.45, 2.75) is 18.9 Å². The second-order valence-electron chi connectivity index (χ2n) is 6.20. The highest BCUT2D eigenvalue weighted by Crippen LogP contribution is 2.44. The molecular weight excluding hydrogens is 313 g/mol. The lowest BCUT2D eigenvalue weighted by Gasteiger charge is -2.25. The Morgan fingerprint density at radius 2 is 1.29 bits per heavy atom. The van der Waals surface area contributed by atoms with Crippen molar-refractivity contribution in [1.29, 1.82) is 0 Å². The first-order chi connectivity index (χ1) is 11.8. The van der Waals surface area contributed by atoms with Gasteiger partial charge in [0.1, 0.15) is 0 Å². The molecule has 0 unspecified atom stereocenters. The third-order valence-electron chi connectivity index (χ3n) is 4.71. The molecule has 0 radical (unpaired) electrons. The van der Waals surface area contributed by atoms with Gasteiger partial charge in [-0.25, -0.2) is 0 Å². The quantitative estimate of drug-likeness (QED) is 0.725. The molecule has 0 aromatic heterocycles. The Bertz CT molecular complexity index is 833. The van der Waals surface area contributed by atoms with Crippen molar-refractivity contribution in [3.8, 4) is 0 Å². The minimum absolute atomic E-state index is 0.132. The summed E-state index contributed by atoms with van der Waals surface area (Å²) in [5, 5.41) is 5.26. The summed E-state index contributed by atoms with van der Waals surface area (Å²) in [7, 11) is -2.88. The van der Waals surface area contributed by atoms with E-state index < -0.39 is 7.29 Å². The Morgan fingerprint density at radius 3 is 1.92 bits per heavy atom. The molecule has 120 valence electrons. The van der Waals surface area contributed by atoms with E-state index in [1.54, 1.807) is 0 Å². The zero-order valence-corrected chi connectivity index (χ0v) is 14.3. The molecular formula is C21H20NOP. The first-order valence-corrected chi connectivity index (χ1v) is 10.0. The molecule has 0 saturated carbocycles. The third-order valence-corrected chi connectivity index (χ3v) is 7.44. The van der Waals surface area contributed by atoms with Crippen LogP contribution in [0.5, 0.6) is 0 Å². The number of rotatable bonds is 4. The minimum atomic E-state index is -2.88. The second kappa shape index (κ2) is 6.39. The van der Waals surface area contributed by atoms with Gasteiger partial charge < -0.3 is 0 Å². The first kappa shape index (κ1) is 15.4. The number of benzene rings is 3. The molecule has 0 amide bonds. The Labute approximate surface area is 143 Å². The normalized spacial score (nSPS) is 16.8. The van der Waals surface area contributed by atoms with Crippen molar-refractivity contribution in [3.05, 3.63) is 96.1 Å². The van der Waals surface area contributed by atoms with Crippen LogP contribution in [0.3, 0.4) is 0 Å². The molecule has 4 rings (SSSR count). The van der Waals surface area contributed by atoms with Gasteiger partial charge in [-0.15, -0.1) is 0 Å². The van der Waals surface area contributed by atoms with E-state index in [1.807, 2.05) is 60.7 Å². The van der Waals surface area contributed by atoms with Gasteiger partial charge in [0.15, 0.2) is 0 Å². The van der Waals surface area contributed by atoms with E-state index in [1.165, 1.54) is 11.1 Å². The van der Waals surface area contributed by atoms with Crippen LogP contribution in [-0.2, 0) is 11.0 Å². The second-order valence-corrected chi connectivity index (χ2v) is 8.71. The topological polar surface area (TPSA) is 29.1 Å². The van der Waals surface area contributed by atoms with Crippen molar-refractivity contribution in [2.75, 3.05) is 0 Å². The Hall–Kier alpha value is -2.15. The monoisotopic (exact) mass is 333 g/mol. The van der Waals surface area contributed by atoms with E-state index in [0.717, 1.165) is 23.5 Å². The van der Waals surface area contributed by atoms with Crippen LogP contribution in [0.2, 0.25) is 0 Å². The molecule has 1 aliphatic carbocycles. The van der Waals surface area contributed by atoms with Gasteiger partial charge in [0, 0.05) is 16.7 Å². The van der Waals surface area contributed by atoms with Gasteiger partial charge in [0.2, 0.25) is 7.29 Å². The maximum absolute atomic E-state index is 14.1. The van der Waals surface area contributed by atoms with Gasteiger partial charge in [0.05, 0.1) is 0 Å². The summed E-state index contributed by atoms with van der Waals surface area (Å²) in [5.41, 5.74) is 2.65. The maximum atomic E-state index is 14.1. The van der Waals surface area contributed by atoms with Gasteiger partial charge in [-0.2, -0.15) is 0 Å². The lowest BCUT2D eigenvalue weighted by molar-refractivity contribution is 0.559. The van der Waals surface area contributed by atoms with Gasteiger partial charge in [-0.05, 0) is 48.2 Å². The largest absolute Gasteiger partial charge is 0.297 e. The van der Waals surface area contributed by atoms with Crippen molar-refractivity contribution in [3.63, 3.8) is 0 Å². The summed E-state index contributed by atoms with van der Waals surface area (Å²) in [6.45, 7) is 0. The molecule has 3 heteroatoms. The standard InChI is InChI=1S/C21H20NOP/c23-24(18-10-3-1-4-11-18,19-12-5-2-6-13-19)22-21-16-15-17-9-7-8-14-20(17)21/h1-14,21H,15-16H2,(H,22,23)/t21-/m0/s1. The third kappa shape index (κ3) is 2.73. The zero-order valence-electron chi connectivity index (χ0n) is 13.4. The van der Waals surface area contributed by atoms with E-state index in [0.29, 0.717) is 0 Å². The van der Waals surface area contributed by atoms with Gasteiger partial charge >= 0.3 is 0 Å². The molecule has 2 nitrogen and oxygen atoms in total. The van der Waals surface area contributed by atoms with Crippen LogP contribution >= 0.6 is 7.29 Å². The highest BCUT2D eigenvalue weighted by Gasteiger charge is 2.33. The zero-order chi connectivity index (χ0) is 16.4. The van der Waals surface area contributed by atoms with Crippen molar-refractivity contribution in [2.24, 2.45) is 0 Å². The summed E-state index contributed by atoms with van der Waals surface area (Å²) < 4.78 is 14.1. The van der Waals surface area contributed by atoms with Crippen molar-refractivity contribution < 1.29 is 4.57 Å². The average molecular weight is 333 g/mol. The molecule has 0 bridgehead atoms. The van der Waals surface area contributed by atoms with Crippen LogP contribution in [0.15, 0.2) is 84.9 Å². The smallest absolute Gasteiger partial charge is 0.205 e. The fourth-order valence-electron chi connectivity index (χ4n) is 3.48. The number of hydrogen-bond acceptors (Lipinski definition) is 1. The average Bonchev–Trinajstić information content (AvgIpc) is 3.06. The molecule has 0 spiro atoms. The van der Waals surface area contributed by atoms with Crippen LogP contribution in [0.1, 0.15) is 23.6 Å². The Morgan fingerprint density at radius 1 is 0.750 bits per heavy atom. The van der Waals surface area contributed by atoms with E-state index in [-0.39, 0.29) is 6.04 Å². The minimum Gasteiger partial charge on any atom is -0.297 e. The van der Waals surface area contributed by atoms with Crippen LogP contribution < -0.4 is 15.7 Å². The summed E-state index contributed by atoms with van der Waals surface area (Å²) >= 11 is 0. The van der Waals surface area contributed by atoms with Gasteiger partial charge in [-0.1, -0.05) is 60.7 Å². The van der Waals surface area contributed by atoms with Crippen molar-refractivity contribution >= 4 is 17.9 Å². The van der Waals surface area contributed by atoms with Gasteiger partial charge in [-0.3, -0.25) is 9.65 Å². The lowest BCUT2D eigenvalue weighted by Crippen LogP contribution is -2.29. The number of fused-ring (bicyclic) bond motifs is 1. The lowest BCUT2D eigenvalue weighted by atomic mass is 10.1. The Kier molecular flexibility index (Phi) is 4.10. The summed E-state index contributed by atoms with van der Waals surface area (Å²) in [5.74, 6) is 0. The van der Waals surface area contributed by atoms with Gasteiger partial charge in [0.25, 0.3) is 0 Å². The number of hydrogen-bond donors (Lipinski definition) is 1. The fraction of sp³-hybridized carbons (Fsp3) is 0.143. The van der Waals surface area contributed by atoms with Crippen LogP contribution in [0.4, 0.5) is 0 Å². The van der Waals surface area contributed by atoms with E-state index in [9.17, 15) is 4.57 Å².